The first-order valence-corrected chi connectivity index (χ1v) is 8.95. The van der Waals surface area contributed by atoms with E-state index in [2.05, 4.69) is 5.32 Å². The van der Waals surface area contributed by atoms with E-state index in [4.69, 9.17) is 23.2 Å². The summed E-state index contributed by atoms with van der Waals surface area (Å²) in [5.74, 6) is -0.902. The van der Waals surface area contributed by atoms with Gasteiger partial charge in [-0.25, -0.2) is 12.8 Å². The largest absolute Gasteiger partial charge is 0.315 e. The molecule has 2 rings (SSSR count). The first-order valence-electron chi connectivity index (χ1n) is 6.75. The lowest BCUT2D eigenvalue weighted by molar-refractivity contribution is 0.335. The summed E-state index contributed by atoms with van der Waals surface area (Å²) in [7, 11) is -3.85. The van der Waals surface area contributed by atoms with Crippen LogP contribution in [0.4, 0.5) is 4.39 Å². The van der Waals surface area contributed by atoms with Gasteiger partial charge in [0.05, 0.1) is 10.0 Å². The Balaban J connectivity index is 2.45. The van der Waals surface area contributed by atoms with Crippen molar-refractivity contribution >= 4 is 33.2 Å². The molecule has 1 saturated heterocycles. The molecule has 0 saturated carbocycles. The van der Waals surface area contributed by atoms with Gasteiger partial charge in [0.1, 0.15) is 4.90 Å². The molecular formula is C13H17Cl2FN2O2S. The number of halogens is 3. The third kappa shape index (κ3) is 3.35. The molecule has 8 heteroatoms. The molecule has 1 fully saturated rings. The Hall–Kier alpha value is -0.400. The Labute approximate surface area is 134 Å². The molecule has 1 aromatic carbocycles. The fourth-order valence-corrected chi connectivity index (χ4v) is 4.91. The van der Waals surface area contributed by atoms with Crippen molar-refractivity contribution in [3.8, 4) is 0 Å². The highest BCUT2D eigenvalue weighted by Crippen LogP contribution is 2.32. The fourth-order valence-electron chi connectivity index (χ4n) is 2.44. The molecule has 1 heterocycles. The Morgan fingerprint density at radius 1 is 1.43 bits per heavy atom. The zero-order chi connectivity index (χ0) is 15.6. The van der Waals surface area contributed by atoms with Gasteiger partial charge in [0, 0.05) is 19.1 Å². The van der Waals surface area contributed by atoms with Gasteiger partial charge in [-0.05, 0) is 31.5 Å². The molecular weight excluding hydrogens is 338 g/mol. The van der Waals surface area contributed by atoms with Crippen LogP contribution in [0.2, 0.25) is 10.0 Å². The average molecular weight is 355 g/mol. The van der Waals surface area contributed by atoms with E-state index < -0.39 is 20.9 Å². The van der Waals surface area contributed by atoms with Crippen molar-refractivity contribution in [2.24, 2.45) is 0 Å². The summed E-state index contributed by atoms with van der Waals surface area (Å²) in [4.78, 5) is -0.230. The van der Waals surface area contributed by atoms with Gasteiger partial charge >= 0.3 is 0 Å². The van der Waals surface area contributed by atoms with Crippen LogP contribution in [-0.2, 0) is 10.0 Å². The number of rotatable bonds is 5. The van der Waals surface area contributed by atoms with Crippen LogP contribution in [-0.4, -0.2) is 38.4 Å². The van der Waals surface area contributed by atoms with Gasteiger partial charge < -0.3 is 5.32 Å². The normalized spacial score (nSPS) is 19.4. The average Bonchev–Trinajstić information content (AvgIpc) is 2.95. The Morgan fingerprint density at radius 2 is 2.14 bits per heavy atom. The maximum absolute atomic E-state index is 13.8. The quantitative estimate of drug-likeness (QED) is 0.827. The number of hydrogen-bond donors (Lipinski definition) is 1. The Bertz CT molecular complexity index is 619. The van der Waals surface area contributed by atoms with Crippen molar-refractivity contribution in [1.82, 2.24) is 9.62 Å². The van der Waals surface area contributed by atoms with Crippen LogP contribution in [0.1, 0.15) is 19.8 Å². The van der Waals surface area contributed by atoms with Crippen LogP contribution < -0.4 is 5.32 Å². The van der Waals surface area contributed by atoms with Crippen molar-refractivity contribution in [3.05, 3.63) is 28.0 Å². The second-order valence-electron chi connectivity index (χ2n) is 4.94. The molecule has 1 atom stereocenters. The van der Waals surface area contributed by atoms with Crippen molar-refractivity contribution in [2.45, 2.75) is 30.7 Å². The van der Waals surface area contributed by atoms with Gasteiger partial charge in [-0.3, -0.25) is 0 Å². The summed E-state index contributed by atoms with van der Waals surface area (Å²) in [6.07, 6.45) is 1.40. The molecule has 1 aliphatic rings. The zero-order valence-corrected chi connectivity index (χ0v) is 13.9. The highest BCUT2D eigenvalue weighted by atomic mass is 35.5. The monoisotopic (exact) mass is 354 g/mol. The van der Waals surface area contributed by atoms with Gasteiger partial charge in [0.2, 0.25) is 10.0 Å². The van der Waals surface area contributed by atoms with E-state index in [-0.39, 0.29) is 16.0 Å². The second-order valence-corrected chi connectivity index (χ2v) is 7.58. The minimum atomic E-state index is -3.85. The van der Waals surface area contributed by atoms with E-state index in [1.807, 2.05) is 6.92 Å². The van der Waals surface area contributed by atoms with Gasteiger partial charge in [-0.1, -0.05) is 30.1 Å². The van der Waals surface area contributed by atoms with Crippen molar-refractivity contribution in [1.29, 1.82) is 0 Å². The predicted octanol–water partition coefficient (Wildman–Crippen LogP) is 2.90. The van der Waals surface area contributed by atoms with E-state index in [0.29, 0.717) is 19.5 Å². The van der Waals surface area contributed by atoms with Crippen LogP contribution in [0, 0.1) is 5.82 Å². The summed E-state index contributed by atoms with van der Waals surface area (Å²) in [6.45, 7) is 3.63. The van der Waals surface area contributed by atoms with E-state index in [1.165, 1.54) is 16.4 Å². The van der Waals surface area contributed by atoms with Gasteiger partial charge in [0.15, 0.2) is 5.82 Å². The highest BCUT2D eigenvalue weighted by molar-refractivity contribution is 7.89. The molecule has 1 aliphatic heterocycles. The van der Waals surface area contributed by atoms with Crippen LogP contribution in [0.5, 0.6) is 0 Å². The molecule has 1 N–H and O–H groups in total. The van der Waals surface area contributed by atoms with Crippen molar-refractivity contribution in [3.63, 3.8) is 0 Å². The zero-order valence-electron chi connectivity index (χ0n) is 11.6. The van der Waals surface area contributed by atoms with E-state index in [9.17, 15) is 12.8 Å². The first kappa shape index (κ1) is 17.0. The topological polar surface area (TPSA) is 49.4 Å². The molecule has 0 aliphatic carbocycles. The smallest absolute Gasteiger partial charge is 0.244 e. The molecule has 21 heavy (non-hydrogen) atoms. The standard InChI is InChI=1S/C13H17Cl2FN2O2S/c1-2-7-18(9-5-6-17-8-9)21(19,20)11-4-3-10(14)13(16)12(11)15/h3-4,9,17H,2,5-8H2,1H3. The molecule has 4 nitrogen and oxygen atoms in total. The minimum Gasteiger partial charge on any atom is -0.315 e. The fraction of sp³-hybridized carbons (Fsp3) is 0.538. The number of benzene rings is 1. The van der Waals surface area contributed by atoms with Crippen LogP contribution in [0.15, 0.2) is 17.0 Å². The summed E-state index contributed by atoms with van der Waals surface area (Å²) in [5.41, 5.74) is 0. The summed E-state index contributed by atoms with van der Waals surface area (Å²) >= 11 is 11.5. The Morgan fingerprint density at radius 3 is 2.71 bits per heavy atom. The second kappa shape index (κ2) is 6.79. The third-order valence-corrected chi connectivity index (χ3v) is 6.24. The lowest BCUT2D eigenvalue weighted by Crippen LogP contribution is -2.42. The molecule has 0 radical (unpaired) electrons. The Kier molecular flexibility index (Phi) is 5.48. The third-order valence-electron chi connectivity index (χ3n) is 3.47. The van der Waals surface area contributed by atoms with E-state index in [1.54, 1.807) is 0 Å². The molecule has 1 unspecified atom stereocenters. The van der Waals surface area contributed by atoms with Crippen molar-refractivity contribution in [2.75, 3.05) is 19.6 Å². The van der Waals surface area contributed by atoms with E-state index >= 15 is 0 Å². The lowest BCUT2D eigenvalue weighted by Gasteiger charge is -2.27. The predicted molar refractivity (Wildman–Crippen MR) is 81.9 cm³/mol. The minimum absolute atomic E-state index is 0.134. The SMILES string of the molecule is CCCN(C1CCNC1)S(=O)(=O)c1ccc(Cl)c(F)c1Cl. The van der Waals surface area contributed by atoms with Crippen LogP contribution in [0.3, 0.4) is 0 Å². The molecule has 1 aromatic rings. The summed E-state index contributed by atoms with van der Waals surface area (Å²) < 4.78 is 40.8. The van der Waals surface area contributed by atoms with Crippen LogP contribution in [0.25, 0.3) is 0 Å². The summed E-state index contributed by atoms with van der Waals surface area (Å²) in [5, 5.41) is 2.49. The maximum atomic E-state index is 13.8. The molecule has 0 aromatic heterocycles. The highest BCUT2D eigenvalue weighted by Gasteiger charge is 2.34. The van der Waals surface area contributed by atoms with Gasteiger partial charge in [-0.15, -0.1) is 0 Å². The number of sulfonamides is 1. The number of hydrogen-bond acceptors (Lipinski definition) is 3. The molecule has 0 bridgehead atoms. The molecule has 118 valence electrons. The first-order chi connectivity index (χ1) is 9.89. The van der Waals surface area contributed by atoms with Crippen LogP contribution >= 0.6 is 23.2 Å². The lowest BCUT2D eigenvalue weighted by atomic mass is 10.2. The number of nitrogens with one attached hydrogen (secondary N) is 1. The van der Waals surface area contributed by atoms with Gasteiger partial charge in [-0.2, -0.15) is 4.31 Å². The maximum Gasteiger partial charge on any atom is 0.244 e. The molecule has 0 amide bonds. The van der Waals surface area contributed by atoms with E-state index in [0.717, 1.165) is 13.0 Å². The molecule has 0 spiro atoms. The summed E-state index contributed by atoms with van der Waals surface area (Å²) in [6, 6.07) is 2.34. The van der Waals surface area contributed by atoms with Crippen molar-refractivity contribution < 1.29 is 12.8 Å². The number of nitrogens with zero attached hydrogens (tertiary/aromatic N) is 1. The van der Waals surface area contributed by atoms with Gasteiger partial charge in [0.25, 0.3) is 0 Å².